The summed E-state index contributed by atoms with van der Waals surface area (Å²) in [5, 5.41) is 18.2. The number of pyridine rings is 1. The van der Waals surface area contributed by atoms with Gasteiger partial charge in [-0.15, -0.1) is 10.2 Å². The molecule has 5 nitrogen and oxygen atoms in total. The number of para-hydroxylation sites is 1. The van der Waals surface area contributed by atoms with Gasteiger partial charge in [0.25, 0.3) is 0 Å². The fraction of sp³-hybridized carbons (Fsp3) is 0.0476. The summed E-state index contributed by atoms with van der Waals surface area (Å²) in [6.45, 7) is 0. The molecule has 2 heterocycles. The van der Waals surface area contributed by atoms with E-state index in [2.05, 4.69) is 21.3 Å². The van der Waals surface area contributed by atoms with Gasteiger partial charge in [-0.3, -0.25) is 9.55 Å². The summed E-state index contributed by atoms with van der Waals surface area (Å²) >= 11 is 1.43. The molecule has 0 saturated heterocycles. The average Bonchev–Trinajstić information content (AvgIpc) is 3.17. The fourth-order valence-electron chi connectivity index (χ4n) is 2.77. The number of hydrogen-bond acceptors (Lipinski definition) is 5. The predicted octanol–water partition coefficient (Wildman–Crippen LogP) is 4.63. The first-order chi connectivity index (χ1) is 13.8. The highest BCUT2D eigenvalue weighted by atomic mass is 32.2. The Morgan fingerprint density at radius 3 is 2.71 bits per heavy atom. The van der Waals surface area contributed by atoms with Gasteiger partial charge < -0.3 is 0 Å². The van der Waals surface area contributed by atoms with Crippen molar-refractivity contribution in [2.75, 3.05) is 0 Å². The third-order valence-corrected chi connectivity index (χ3v) is 5.07. The molecule has 7 heteroatoms. The summed E-state index contributed by atoms with van der Waals surface area (Å²) in [6, 6.07) is 19.7. The summed E-state index contributed by atoms with van der Waals surface area (Å²) in [6.07, 6.45) is 3.34. The van der Waals surface area contributed by atoms with E-state index in [0.29, 0.717) is 28.0 Å². The van der Waals surface area contributed by atoms with Crippen LogP contribution in [0.2, 0.25) is 0 Å². The first kappa shape index (κ1) is 17.9. The standard InChI is InChI=1S/C21H14FN5S/c22-18-8-1-2-9-19(18)27-20(17-7-4-10-24-13-17)25-26-21(27)28-14-16-6-3-5-15(11-16)12-23/h1-11,13H,14H2. The first-order valence-electron chi connectivity index (χ1n) is 8.49. The Hall–Kier alpha value is -3.50. The average molecular weight is 387 g/mol. The van der Waals surface area contributed by atoms with Gasteiger partial charge in [0.2, 0.25) is 0 Å². The van der Waals surface area contributed by atoms with E-state index in [9.17, 15) is 4.39 Å². The smallest absolute Gasteiger partial charge is 0.196 e. The molecule has 0 saturated carbocycles. The minimum Gasteiger partial charge on any atom is -0.267 e. The van der Waals surface area contributed by atoms with Crippen LogP contribution in [0.25, 0.3) is 17.1 Å². The van der Waals surface area contributed by atoms with Crippen molar-refractivity contribution in [3.05, 3.63) is 90.0 Å². The number of nitriles is 1. The van der Waals surface area contributed by atoms with Crippen LogP contribution >= 0.6 is 11.8 Å². The van der Waals surface area contributed by atoms with Gasteiger partial charge in [-0.1, -0.05) is 36.0 Å². The first-order valence-corrected chi connectivity index (χ1v) is 9.47. The van der Waals surface area contributed by atoms with Crippen molar-refractivity contribution in [1.82, 2.24) is 19.7 Å². The van der Waals surface area contributed by atoms with Crippen molar-refractivity contribution in [2.24, 2.45) is 0 Å². The molecule has 0 unspecified atom stereocenters. The van der Waals surface area contributed by atoms with Crippen LogP contribution < -0.4 is 0 Å². The number of rotatable bonds is 5. The normalized spacial score (nSPS) is 10.6. The van der Waals surface area contributed by atoms with Crippen LogP contribution in [0.4, 0.5) is 4.39 Å². The van der Waals surface area contributed by atoms with Gasteiger partial charge in [-0.05, 0) is 42.0 Å². The zero-order valence-corrected chi connectivity index (χ0v) is 15.5. The summed E-state index contributed by atoms with van der Waals surface area (Å²) in [5.41, 5.74) is 2.70. The molecule has 136 valence electrons. The maximum atomic E-state index is 14.6. The molecule has 0 fully saturated rings. The van der Waals surface area contributed by atoms with Crippen LogP contribution in [-0.4, -0.2) is 19.7 Å². The largest absolute Gasteiger partial charge is 0.267 e. The predicted molar refractivity (Wildman–Crippen MR) is 105 cm³/mol. The Kier molecular flexibility index (Phi) is 5.13. The third kappa shape index (κ3) is 3.63. The second-order valence-electron chi connectivity index (χ2n) is 5.94. The number of hydrogen-bond donors (Lipinski definition) is 0. The summed E-state index contributed by atoms with van der Waals surface area (Å²) < 4.78 is 16.3. The quantitative estimate of drug-likeness (QED) is 0.467. The Bertz CT molecular complexity index is 1150. The molecule has 0 N–H and O–H groups in total. The van der Waals surface area contributed by atoms with Gasteiger partial charge in [0.05, 0.1) is 17.3 Å². The molecule has 2 aromatic heterocycles. The van der Waals surface area contributed by atoms with Crippen molar-refractivity contribution >= 4 is 11.8 Å². The van der Waals surface area contributed by atoms with Gasteiger partial charge in [0.1, 0.15) is 5.82 Å². The molecular formula is C21H14FN5S. The Morgan fingerprint density at radius 1 is 1.04 bits per heavy atom. The molecule has 2 aromatic carbocycles. The van der Waals surface area contributed by atoms with Gasteiger partial charge in [0, 0.05) is 23.7 Å². The molecule has 0 aliphatic carbocycles. The van der Waals surface area contributed by atoms with Gasteiger partial charge in [-0.2, -0.15) is 5.26 Å². The van der Waals surface area contributed by atoms with E-state index < -0.39 is 0 Å². The van der Waals surface area contributed by atoms with E-state index in [0.717, 1.165) is 11.1 Å². The Labute approximate surface area is 165 Å². The monoisotopic (exact) mass is 387 g/mol. The van der Waals surface area contributed by atoms with E-state index in [1.165, 1.54) is 17.8 Å². The number of halogens is 1. The van der Waals surface area contributed by atoms with E-state index in [1.54, 1.807) is 47.3 Å². The highest BCUT2D eigenvalue weighted by molar-refractivity contribution is 7.98. The zero-order chi connectivity index (χ0) is 19.3. The highest BCUT2D eigenvalue weighted by Crippen LogP contribution is 2.30. The summed E-state index contributed by atoms with van der Waals surface area (Å²) in [7, 11) is 0. The van der Waals surface area contributed by atoms with Crippen LogP contribution in [0.3, 0.4) is 0 Å². The lowest BCUT2D eigenvalue weighted by Crippen LogP contribution is -2.02. The van der Waals surface area contributed by atoms with Crippen LogP contribution in [0.15, 0.2) is 78.2 Å². The maximum Gasteiger partial charge on any atom is 0.196 e. The van der Waals surface area contributed by atoms with Crippen LogP contribution in [0.5, 0.6) is 0 Å². The van der Waals surface area contributed by atoms with Crippen LogP contribution in [-0.2, 0) is 5.75 Å². The Morgan fingerprint density at radius 2 is 1.93 bits per heavy atom. The molecule has 0 spiro atoms. The van der Waals surface area contributed by atoms with Gasteiger partial charge >= 0.3 is 0 Å². The fourth-order valence-corrected chi connectivity index (χ4v) is 3.66. The lowest BCUT2D eigenvalue weighted by molar-refractivity contribution is 0.613. The molecule has 4 rings (SSSR count). The summed E-state index contributed by atoms with van der Waals surface area (Å²) in [4.78, 5) is 4.13. The second kappa shape index (κ2) is 8.03. The second-order valence-corrected chi connectivity index (χ2v) is 6.88. The molecule has 4 aromatic rings. The van der Waals surface area contributed by atoms with E-state index in [-0.39, 0.29) is 5.82 Å². The molecule has 0 aliphatic heterocycles. The number of nitrogens with zero attached hydrogens (tertiary/aromatic N) is 5. The molecule has 0 amide bonds. The molecule has 0 atom stereocenters. The topological polar surface area (TPSA) is 67.4 Å². The van der Waals surface area contributed by atoms with E-state index in [1.807, 2.05) is 24.3 Å². The molecular weight excluding hydrogens is 373 g/mol. The maximum absolute atomic E-state index is 14.6. The van der Waals surface area contributed by atoms with Crippen molar-refractivity contribution in [2.45, 2.75) is 10.9 Å². The van der Waals surface area contributed by atoms with Crippen molar-refractivity contribution < 1.29 is 4.39 Å². The van der Waals surface area contributed by atoms with E-state index in [4.69, 9.17) is 5.26 Å². The minimum atomic E-state index is -0.360. The van der Waals surface area contributed by atoms with Crippen LogP contribution in [0, 0.1) is 17.1 Å². The van der Waals surface area contributed by atoms with Crippen LogP contribution in [0.1, 0.15) is 11.1 Å². The number of benzene rings is 2. The van der Waals surface area contributed by atoms with Crippen molar-refractivity contribution in [3.63, 3.8) is 0 Å². The molecule has 0 bridgehead atoms. The third-order valence-electron chi connectivity index (χ3n) is 4.07. The van der Waals surface area contributed by atoms with Gasteiger partial charge in [0.15, 0.2) is 11.0 Å². The highest BCUT2D eigenvalue weighted by Gasteiger charge is 2.18. The SMILES string of the molecule is N#Cc1cccc(CSc2nnc(-c3cccnc3)n2-c2ccccc2F)c1. The molecule has 0 aliphatic rings. The summed E-state index contributed by atoms with van der Waals surface area (Å²) in [5.74, 6) is 0.738. The zero-order valence-electron chi connectivity index (χ0n) is 14.7. The van der Waals surface area contributed by atoms with Crippen molar-refractivity contribution in [1.29, 1.82) is 5.26 Å². The van der Waals surface area contributed by atoms with Crippen molar-refractivity contribution in [3.8, 4) is 23.1 Å². The minimum absolute atomic E-state index is 0.360. The Balaban J connectivity index is 1.74. The number of aromatic nitrogens is 4. The van der Waals surface area contributed by atoms with E-state index >= 15 is 0 Å². The molecule has 0 radical (unpaired) electrons. The lowest BCUT2D eigenvalue weighted by Gasteiger charge is -2.11. The number of thioether (sulfide) groups is 1. The molecule has 28 heavy (non-hydrogen) atoms. The lowest BCUT2D eigenvalue weighted by atomic mass is 10.2. The van der Waals surface area contributed by atoms with Gasteiger partial charge in [-0.25, -0.2) is 4.39 Å².